The van der Waals surface area contributed by atoms with Crippen LogP contribution in [0.25, 0.3) is 0 Å². The van der Waals surface area contributed by atoms with Gasteiger partial charge in [-0.15, -0.1) is 0 Å². The van der Waals surface area contributed by atoms with Crippen molar-refractivity contribution < 1.29 is 19.7 Å². The lowest BCUT2D eigenvalue weighted by Gasteiger charge is -2.19. The lowest BCUT2D eigenvalue weighted by Crippen LogP contribution is -2.19. The van der Waals surface area contributed by atoms with Gasteiger partial charge in [-0.25, -0.2) is 0 Å². The third-order valence-electron chi connectivity index (χ3n) is 3.70. The van der Waals surface area contributed by atoms with Crippen LogP contribution < -0.4 is 0 Å². The van der Waals surface area contributed by atoms with Crippen LogP contribution in [-0.4, -0.2) is 33.9 Å². The molecule has 1 aromatic rings. The van der Waals surface area contributed by atoms with Crippen molar-refractivity contribution >= 4 is 5.97 Å². The maximum atomic E-state index is 10.4. The highest BCUT2D eigenvalue weighted by Gasteiger charge is 2.36. The topological polar surface area (TPSA) is 79.7 Å². The van der Waals surface area contributed by atoms with Gasteiger partial charge in [0.2, 0.25) is 0 Å². The van der Waals surface area contributed by atoms with E-state index in [1.807, 2.05) is 24.3 Å². The summed E-state index contributed by atoms with van der Waals surface area (Å²) < 4.78 is 5.68. The highest BCUT2D eigenvalue weighted by Crippen LogP contribution is 2.37. The van der Waals surface area contributed by atoms with E-state index >= 15 is 0 Å². The van der Waals surface area contributed by atoms with Gasteiger partial charge in [-0.3, -0.25) is 9.78 Å². The Morgan fingerprint density at radius 1 is 1.43 bits per heavy atom. The zero-order chi connectivity index (χ0) is 15.1. The Bertz CT molecular complexity index is 474. The minimum Gasteiger partial charge on any atom is -0.481 e. The summed E-state index contributed by atoms with van der Waals surface area (Å²) in [6, 6.07) is 3.83. The minimum absolute atomic E-state index is 0.0540. The zero-order valence-electron chi connectivity index (χ0n) is 11.9. The van der Waals surface area contributed by atoms with Gasteiger partial charge in [-0.1, -0.05) is 18.2 Å². The Labute approximate surface area is 124 Å². The van der Waals surface area contributed by atoms with Crippen molar-refractivity contribution in [3.63, 3.8) is 0 Å². The normalized spacial score (nSPS) is 25.5. The summed E-state index contributed by atoms with van der Waals surface area (Å²) in [4.78, 5) is 14.5. The van der Waals surface area contributed by atoms with Crippen LogP contribution in [0.15, 0.2) is 36.7 Å². The van der Waals surface area contributed by atoms with E-state index in [-0.39, 0.29) is 18.4 Å². The van der Waals surface area contributed by atoms with Crippen LogP contribution in [0.1, 0.15) is 37.4 Å². The number of carbonyl (C=O) groups is 1. The molecule has 3 atom stereocenters. The largest absolute Gasteiger partial charge is 0.481 e. The third kappa shape index (κ3) is 4.65. The molecule has 0 aromatic carbocycles. The molecule has 114 valence electrons. The number of allylic oxidation sites excluding steroid dienone is 2. The van der Waals surface area contributed by atoms with Crippen LogP contribution in [0.2, 0.25) is 0 Å². The first kappa shape index (κ1) is 15.7. The summed E-state index contributed by atoms with van der Waals surface area (Å²) in [5.74, 6) is -0.728. The first-order valence-electron chi connectivity index (χ1n) is 7.25. The molecule has 0 saturated carbocycles. The molecule has 21 heavy (non-hydrogen) atoms. The highest BCUT2D eigenvalue weighted by atomic mass is 16.5. The molecule has 1 aliphatic heterocycles. The summed E-state index contributed by atoms with van der Waals surface area (Å²) in [6.45, 7) is 0.354. The fourth-order valence-electron chi connectivity index (χ4n) is 2.61. The smallest absolute Gasteiger partial charge is 0.303 e. The molecule has 1 saturated heterocycles. The van der Waals surface area contributed by atoms with E-state index in [9.17, 15) is 9.90 Å². The molecule has 2 rings (SSSR count). The molecule has 5 nitrogen and oxygen atoms in total. The second-order valence-electron chi connectivity index (χ2n) is 5.25. The first-order valence-corrected chi connectivity index (χ1v) is 7.25. The average molecular weight is 291 g/mol. The number of aliphatic hydroxyl groups excluding tert-OH is 1. The van der Waals surface area contributed by atoms with Gasteiger partial charge in [0, 0.05) is 24.7 Å². The molecular weight excluding hydrogens is 270 g/mol. The van der Waals surface area contributed by atoms with E-state index in [1.165, 1.54) is 0 Å². The Morgan fingerprint density at radius 2 is 2.24 bits per heavy atom. The van der Waals surface area contributed by atoms with Gasteiger partial charge in [0.25, 0.3) is 0 Å². The Hall–Kier alpha value is -1.72. The summed E-state index contributed by atoms with van der Waals surface area (Å²) in [6.07, 6.45) is 9.11. The number of pyridine rings is 1. The zero-order valence-corrected chi connectivity index (χ0v) is 11.9. The monoisotopic (exact) mass is 291 g/mol. The maximum Gasteiger partial charge on any atom is 0.303 e. The fourth-order valence-corrected chi connectivity index (χ4v) is 2.61. The number of nitrogens with zero attached hydrogens (tertiary/aromatic N) is 1. The average Bonchev–Trinajstić information content (AvgIpc) is 2.84. The summed E-state index contributed by atoms with van der Waals surface area (Å²) >= 11 is 0. The molecule has 3 unspecified atom stereocenters. The van der Waals surface area contributed by atoms with Gasteiger partial charge < -0.3 is 14.9 Å². The summed E-state index contributed by atoms with van der Waals surface area (Å²) in [5, 5.41) is 18.6. The quantitative estimate of drug-likeness (QED) is 0.754. The van der Waals surface area contributed by atoms with Crippen LogP contribution in [0.4, 0.5) is 0 Å². The van der Waals surface area contributed by atoms with Gasteiger partial charge in [0.1, 0.15) is 0 Å². The molecule has 2 heterocycles. The molecule has 0 aliphatic carbocycles. The third-order valence-corrected chi connectivity index (χ3v) is 3.70. The van der Waals surface area contributed by atoms with E-state index in [0.29, 0.717) is 13.0 Å². The van der Waals surface area contributed by atoms with Gasteiger partial charge >= 0.3 is 5.97 Å². The van der Waals surface area contributed by atoms with E-state index in [4.69, 9.17) is 9.84 Å². The molecule has 1 aliphatic rings. The second-order valence-corrected chi connectivity index (χ2v) is 5.25. The van der Waals surface area contributed by atoms with Crippen LogP contribution in [-0.2, 0) is 9.53 Å². The number of aromatic nitrogens is 1. The first-order chi connectivity index (χ1) is 10.2. The number of ether oxygens (including phenoxy) is 1. The molecule has 5 heteroatoms. The van der Waals surface area contributed by atoms with Gasteiger partial charge in [0.15, 0.2) is 0 Å². The summed E-state index contributed by atoms with van der Waals surface area (Å²) in [5.41, 5.74) is 0.994. The van der Waals surface area contributed by atoms with Crippen molar-refractivity contribution in [3.05, 3.63) is 42.2 Å². The standard InChI is InChI=1S/C16H21NO4/c18-14-11-21-16(12-6-5-9-17-10-12)13(14)7-3-1-2-4-8-15(19)20/h1-2,5-6,9-10,13-14,16,18H,3-4,7-8,11H2,(H,19,20). The van der Waals surface area contributed by atoms with Gasteiger partial charge in [-0.2, -0.15) is 0 Å². The maximum absolute atomic E-state index is 10.4. The van der Waals surface area contributed by atoms with Crippen LogP contribution in [0.5, 0.6) is 0 Å². The van der Waals surface area contributed by atoms with Crippen LogP contribution >= 0.6 is 0 Å². The Balaban J connectivity index is 1.84. The van der Waals surface area contributed by atoms with Crippen molar-refractivity contribution in [1.29, 1.82) is 0 Å². The van der Waals surface area contributed by atoms with E-state index in [2.05, 4.69) is 4.98 Å². The van der Waals surface area contributed by atoms with E-state index < -0.39 is 12.1 Å². The van der Waals surface area contributed by atoms with Gasteiger partial charge in [-0.05, 0) is 30.9 Å². The molecule has 0 amide bonds. The van der Waals surface area contributed by atoms with Crippen molar-refractivity contribution in [2.45, 2.75) is 37.9 Å². The number of aliphatic hydroxyl groups is 1. The lowest BCUT2D eigenvalue weighted by atomic mass is 9.90. The highest BCUT2D eigenvalue weighted by molar-refractivity contribution is 5.66. The van der Waals surface area contributed by atoms with Gasteiger partial charge in [0.05, 0.1) is 18.8 Å². The fraction of sp³-hybridized carbons (Fsp3) is 0.500. The van der Waals surface area contributed by atoms with Crippen molar-refractivity contribution in [3.8, 4) is 0 Å². The molecule has 0 bridgehead atoms. The van der Waals surface area contributed by atoms with Crippen molar-refractivity contribution in [2.24, 2.45) is 5.92 Å². The number of carboxylic acids is 1. The number of hydrogen-bond donors (Lipinski definition) is 2. The second kappa shape index (κ2) is 7.90. The minimum atomic E-state index is -0.782. The Morgan fingerprint density at radius 3 is 2.95 bits per heavy atom. The van der Waals surface area contributed by atoms with Crippen molar-refractivity contribution in [2.75, 3.05) is 6.61 Å². The molecular formula is C16H21NO4. The lowest BCUT2D eigenvalue weighted by molar-refractivity contribution is -0.136. The van der Waals surface area contributed by atoms with Crippen LogP contribution in [0, 0.1) is 5.92 Å². The number of hydrogen-bond acceptors (Lipinski definition) is 4. The van der Waals surface area contributed by atoms with Crippen LogP contribution in [0.3, 0.4) is 0 Å². The molecule has 0 radical (unpaired) electrons. The summed E-state index contributed by atoms with van der Waals surface area (Å²) in [7, 11) is 0. The molecule has 0 spiro atoms. The van der Waals surface area contributed by atoms with E-state index in [1.54, 1.807) is 12.4 Å². The van der Waals surface area contributed by atoms with E-state index in [0.717, 1.165) is 18.4 Å². The predicted molar refractivity (Wildman–Crippen MR) is 77.7 cm³/mol. The predicted octanol–water partition coefficient (Wildman–Crippen LogP) is 2.33. The van der Waals surface area contributed by atoms with Crippen molar-refractivity contribution in [1.82, 2.24) is 4.98 Å². The number of carboxylic acid groups (broad SMARTS) is 1. The number of aliphatic carboxylic acids is 1. The number of rotatable bonds is 7. The molecule has 1 fully saturated rings. The molecule has 2 N–H and O–H groups in total. The Kier molecular flexibility index (Phi) is 5.90. The SMILES string of the molecule is O=C(O)CCC=CCCC1C(O)COC1c1cccnc1. The molecule has 1 aromatic heterocycles.